The van der Waals surface area contributed by atoms with Gasteiger partial charge in [-0.3, -0.25) is 4.79 Å². The predicted molar refractivity (Wildman–Crippen MR) is 97.8 cm³/mol. The van der Waals surface area contributed by atoms with Crippen LogP contribution in [-0.2, 0) is 17.1 Å². The molecule has 5 heteroatoms. The first-order valence-electron chi connectivity index (χ1n) is 7.57. The fraction of sp³-hybridized carbons (Fsp3) is 0.333. The number of carbonyl (C=O) groups excluding carboxylic acids is 1. The van der Waals surface area contributed by atoms with Gasteiger partial charge in [0.15, 0.2) is 0 Å². The lowest BCUT2D eigenvalue weighted by atomic mass is 10.2. The molecule has 0 aliphatic heterocycles. The number of pyridine rings is 1. The predicted octanol–water partition coefficient (Wildman–Crippen LogP) is 3.01. The lowest BCUT2D eigenvalue weighted by molar-refractivity contribution is -0.118. The number of carbonyl (C=O) groups is 1. The highest BCUT2D eigenvalue weighted by Gasteiger charge is 2.07. The van der Waals surface area contributed by atoms with Gasteiger partial charge < -0.3 is 10.2 Å². The molecule has 0 radical (unpaired) electrons. The van der Waals surface area contributed by atoms with E-state index in [0.29, 0.717) is 12.3 Å². The SMILES string of the molecule is Cc1ccc(CSCC(=O)NCc2cccnc2N(C)C)cc1. The molecule has 0 bridgehead atoms. The Bertz CT molecular complexity index is 641. The molecule has 0 aliphatic rings. The molecule has 0 atom stereocenters. The molecule has 0 aliphatic carbocycles. The van der Waals surface area contributed by atoms with Gasteiger partial charge in [0.1, 0.15) is 5.82 Å². The number of anilines is 1. The van der Waals surface area contributed by atoms with E-state index in [1.807, 2.05) is 31.1 Å². The number of aryl methyl sites for hydroxylation is 1. The van der Waals surface area contributed by atoms with Gasteiger partial charge in [0.05, 0.1) is 5.75 Å². The number of aromatic nitrogens is 1. The van der Waals surface area contributed by atoms with Gasteiger partial charge in [-0.05, 0) is 18.6 Å². The van der Waals surface area contributed by atoms with Crippen LogP contribution in [0.3, 0.4) is 0 Å². The largest absolute Gasteiger partial charge is 0.362 e. The number of hydrogen-bond acceptors (Lipinski definition) is 4. The zero-order chi connectivity index (χ0) is 16.7. The summed E-state index contributed by atoms with van der Waals surface area (Å²) in [5, 5.41) is 2.96. The summed E-state index contributed by atoms with van der Waals surface area (Å²) < 4.78 is 0. The minimum absolute atomic E-state index is 0.0515. The van der Waals surface area contributed by atoms with Gasteiger partial charge in [-0.1, -0.05) is 35.9 Å². The molecule has 0 unspecified atom stereocenters. The van der Waals surface area contributed by atoms with Gasteiger partial charge in [-0.25, -0.2) is 4.98 Å². The van der Waals surface area contributed by atoms with Gasteiger partial charge in [-0.15, -0.1) is 11.8 Å². The minimum atomic E-state index is 0.0515. The van der Waals surface area contributed by atoms with Crippen molar-refractivity contribution < 1.29 is 4.79 Å². The number of amides is 1. The molecule has 1 aromatic carbocycles. The number of rotatable bonds is 7. The molecule has 23 heavy (non-hydrogen) atoms. The van der Waals surface area contributed by atoms with Crippen LogP contribution in [0, 0.1) is 6.92 Å². The molecule has 0 saturated carbocycles. The van der Waals surface area contributed by atoms with E-state index in [9.17, 15) is 4.79 Å². The third kappa shape index (κ3) is 5.60. The molecule has 2 aromatic rings. The van der Waals surface area contributed by atoms with Crippen molar-refractivity contribution in [2.24, 2.45) is 0 Å². The van der Waals surface area contributed by atoms with Crippen LogP contribution in [0.4, 0.5) is 5.82 Å². The Hall–Kier alpha value is -2.01. The Kier molecular flexibility index (Phi) is 6.47. The molecule has 1 amide bonds. The van der Waals surface area contributed by atoms with Crippen LogP contribution in [0.15, 0.2) is 42.6 Å². The third-order valence-corrected chi connectivity index (χ3v) is 4.39. The van der Waals surface area contributed by atoms with Crippen molar-refractivity contribution in [3.8, 4) is 0 Å². The first-order chi connectivity index (χ1) is 11.1. The summed E-state index contributed by atoms with van der Waals surface area (Å²) >= 11 is 1.63. The molecular formula is C18H23N3OS. The zero-order valence-electron chi connectivity index (χ0n) is 13.9. The van der Waals surface area contributed by atoms with Crippen LogP contribution in [-0.4, -0.2) is 30.7 Å². The quantitative estimate of drug-likeness (QED) is 0.848. The maximum absolute atomic E-state index is 12.0. The first kappa shape index (κ1) is 17.3. The Morgan fingerprint density at radius 3 is 2.65 bits per heavy atom. The normalized spacial score (nSPS) is 10.4. The van der Waals surface area contributed by atoms with Crippen molar-refractivity contribution >= 4 is 23.5 Å². The maximum Gasteiger partial charge on any atom is 0.230 e. The third-order valence-electron chi connectivity index (χ3n) is 3.39. The van der Waals surface area contributed by atoms with Crippen molar-refractivity contribution in [3.05, 3.63) is 59.3 Å². The number of benzene rings is 1. The summed E-state index contributed by atoms with van der Waals surface area (Å²) in [6, 6.07) is 12.3. The molecule has 2 rings (SSSR count). The van der Waals surface area contributed by atoms with E-state index in [-0.39, 0.29) is 5.91 Å². The van der Waals surface area contributed by atoms with Gasteiger partial charge in [0.2, 0.25) is 5.91 Å². The molecule has 1 heterocycles. The monoisotopic (exact) mass is 329 g/mol. The van der Waals surface area contributed by atoms with E-state index < -0.39 is 0 Å². The fourth-order valence-corrected chi connectivity index (χ4v) is 2.98. The highest BCUT2D eigenvalue weighted by molar-refractivity contribution is 7.99. The van der Waals surface area contributed by atoms with E-state index in [0.717, 1.165) is 17.1 Å². The van der Waals surface area contributed by atoms with Crippen LogP contribution in [0.1, 0.15) is 16.7 Å². The second kappa shape index (κ2) is 8.58. The number of nitrogens with one attached hydrogen (secondary N) is 1. The molecule has 0 fully saturated rings. The van der Waals surface area contributed by atoms with E-state index in [1.54, 1.807) is 18.0 Å². The Labute approximate surface area is 142 Å². The van der Waals surface area contributed by atoms with Gasteiger partial charge in [-0.2, -0.15) is 0 Å². The van der Waals surface area contributed by atoms with E-state index in [4.69, 9.17) is 0 Å². The lowest BCUT2D eigenvalue weighted by Gasteiger charge is -2.16. The van der Waals surface area contributed by atoms with E-state index >= 15 is 0 Å². The van der Waals surface area contributed by atoms with Crippen molar-refractivity contribution in [1.29, 1.82) is 0 Å². The van der Waals surface area contributed by atoms with Crippen molar-refractivity contribution in [3.63, 3.8) is 0 Å². The first-order valence-corrected chi connectivity index (χ1v) is 8.73. The molecule has 4 nitrogen and oxygen atoms in total. The highest BCUT2D eigenvalue weighted by atomic mass is 32.2. The van der Waals surface area contributed by atoms with Crippen LogP contribution in [0.2, 0.25) is 0 Å². The molecular weight excluding hydrogens is 306 g/mol. The second-order valence-corrected chi connectivity index (χ2v) is 6.62. The number of nitrogens with zero attached hydrogens (tertiary/aromatic N) is 2. The Morgan fingerprint density at radius 2 is 1.96 bits per heavy atom. The average molecular weight is 329 g/mol. The van der Waals surface area contributed by atoms with Crippen molar-refractivity contribution in [2.75, 3.05) is 24.7 Å². The van der Waals surface area contributed by atoms with Gasteiger partial charge in [0, 0.05) is 38.2 Å². The smallest absolute Gasteiger partial charge is 0.230 e. The van der Waals surface area contributed by atoms with Crippen LogP contribution in [0.5, 0.6) is 0 Å². The van der Waals surface area contributed by atoms with Crippen LogP contribution >= 0.6 is 11.8 Å². The molecule has 1 N–H and O–H groups in total. The Morgan fingerprint density at radius 1 is 1.22 bits per heavy atom. The van der Waals surface area contributed by atoms with Gasteiger partial charge in [0.25, 0.3) is 0 Å². The fourth-order valence-electron chi connectivity index (χ4n) is 2.16. The van der Waals surface area contributed by atoms with Crippen LogP contribution in [0.25, 0.3) is 0 Å². The zero-order valence-corrected chi connectivity index (χ0v) is 14.7. The van der Waals surface area contributed by atoms with Crippen molar-refractivity contribution in [2.45, 2.75) is 19.2 Å². The summed E-state index contributed by atoms with van der Waals surface area (Å²) in [4.78, 5) is 18.3. The number of thioether (sulfide) groups is 1. The average Bonchev–Trinajstić information content (AvgIpc) is 2.55. The summed E-state index contributed by atoms with van der Waals surface area (Å²) in [6.07, 6.45) is 1.76. The molecule has 0 saturated heterocycles. The van der Waals surface area contributed by atoms with Crippen molar-refractivity contribution in [1.82, 2.24) is 10.3 Å². The van der Waals surface area contributed by atoms with Gasteiger partial charge >= 0.3 is 0 Å². The summed E-state index contributed by atoms with van der Waals surface area (Å²) in [5.74, 6) is 2.25. The highest BCUT2D eigenvalue weighted by Crippen LogP contribution is 2.15. The maximum atomic E-state index is 12.0. The molecule has 1 aromatic heterocycles. The summed E-state index contributed by atoms with van der Waals surface area (Å²) in [7, 11) is 3.90. The number of hydrogen-bond donors (Lipinski definition) is 1. The summed E-state index contributed by atoms with van der Waals surface area (Å²) in [6.45, 7) is 2.58. The second-order valence-electron chi connectivity index (χ2n) is 5.64. The van der Waals surface area contributed by atoms with E-state index in [1.165, 1.54) is 11.1 Å². The topological polar surface area (TPSA) is 45.2 Å². The molecule has 0 spiro atoms. The standard InChI is InChI=1S/C18H23N3OS/c1-14-6-8-15(9-7-14)12-23-13-17(22)20-11-16-5-4-10-19-18(16)21(2)3/h4-10H,11-13H2,1-3H3,(H,20,22). The molecule has 122 valence electrons. The Balaban J connectivity index is 1.76. The van der Waals surface area contributed by atoms with Crippen LogP contribution < -0.4 is 10.2 Å². The lowest BCUT2D eigenvalue weighted by Crippen LogP contribution is -2.26. The van der Waals surface area contributed by atoms with E-state index in [2.05, 4.69) is 41.5 Å². The summed E-state index contributed by atoms with van der Waals surface area (Å²) in [5.41, 5.74) is 3.52. The minimum Gasteiger partial charge on any atom is -0.362 e.